The van der Waals surface area contributed by atoms with Crippen molar-refractivity contribution in [3.05, 3.63) is 77.9 Å². The molecule has 1 saturated heterocycles. The maximum atomic E-state index is 13.3. The van der Waals surface area contributed by atoms with E-state index in [1.54, 1.807) is 48.5 Å². The van der Waals surface area contributed by atoms with Gasteiger partial charge in [-0.1, -0.05) is 48.6 Å². The van der Waals surface area contributed by atoms with Gasteiger partial charge in [-0.25, -0.2) is 9.69 Å². The topological polar surface area (TPSA) is 80.8 Å². The van der Waals surface area contributed by atoms with Gasteiger partial charge in [-0.2, -0.15) is 0 Å². The number of hydrogen-bond acceptors (Lipinski definition) is 5. The van der Waals surface area contributed by atoms with Crippen LogP contribution in [0.1, 0.15) is 27.1 Å². The highest BCUT2D eigenvalue weighted by Crippen LogP contribution is 2.65. The van der Waals surface area contributed by atoms with Gasteiger partial charge in [0.1, 0.15) is 0 Å². The maximum Gasteiger partial charge on any atom is 0.338 e. The standard InChI is InChI=1S/C26H21NO5/c28-21(14-5-2-1-3-6-14)13-32-26(31)15-7-4-8-16(11-15)27-24(29)22-17-9-10-18(20-12-19(17)20)23(22)25(27)30/h1-11,17-20,22-23H,12-13H2/t17-,18-,19-,20-,22-,23+/m0/s1. The second kappa shape index (κ2) is 6.99. The van der Waals surface area contributed by atoms with Crippen LogP contribution in [0.2, 0.25) is 0 Å². The summed E-state index contributed by atoms with van der Waals surface area (Å²) in [5.74, 6) is -0.536. The van der Waals surface area contributed by atoms with Gasteiger partial charge >= 0.3 is 5.97 Å². The van der Waals surface area contributed by atoms with Crippen molar-refractivity contribution in [1.82, 2.24) is 0 Å². The van der Waals surface area contributed by atoms with Gasteiger partial charge in [0, 0.05) is 5.56 Å². The molecule has 0 spiro atoms. The lowest BCUT2D eigenvalue weighted by atomic mass is 9.63. The van der Waals surface area contributed by atoms with Crippen molar-refractivity contribution in [2.45, 2.75) is 6.42 Å². The third-order valence-corrected chi connectivity index (χ3v) is 7.43. The predicted molar refractivity (Wildman–Crippen MR) is 115 cm³/mol. The number of imide groups is 1. The summed E-state index contributed by atoms with van der Waals surface area (Å²) in [6.45, 7) is -0.378. The smallest absolute Gasteiger partial charge is 0.338 e. The summed E-state index contributed by atoms with van der Waals surface area (Å²) >= 11 is 0. The SMILES string of the molecule is O=C(COC(=O)c1cccc(N2C(=O)[C@@H]3[C@H]4C=C[C@@H]([C@@H]5C[C@@H]45)[C@@H]3C2=O)c1)c1ccccc1. The minimum Gasteiger partial charge on any atom is -0.454 e. The molecule has 2 amide bonds. The Morgan fingerprint density at radius 2 is 1.47 bits per heavy atom. The van der Waals surface area contributed by atoms with E-state index in [0.29, 0.717) is 23.1 Å². The minimum absolute atomic E-state index is 0.147. The number of anilines is 1. The van der Waals surface area contributed by atoms with Crippen molar-refractivity contribution >= 4 is 29.3 Å². The van der Waals surface area contributed by atoms with Crippen LogP contribution in [0.25, 0.3) is 0 Å². The number of carbonyl (C=O) groups is 4. The minimum atomic E-state index is -0.671. The average Bonchev–Trinajstić information content (AvgIpc) is 3.61. The lowest BCUT2D eigenvalue weighted by molar-refractivity contribution is -0.124. The van der Waals surface area contributed by atoms with E-state index in [1.165, 1.54) is 11.0 Å². The largest absolute Gasteiger partial charge is 0.454 e. The van der Waals surface area contributed by atoms with Crippen LogP contribution in [-0.2, 0) is 14.3 Å². The molecule has 6 atom stereocenters. The number of nitrogens with zero attached hydrogens (tertiary/aromatic N) is 1. The summed E-state index contributed by atoms with van der Waals surface area (Å²) in [6.07, 6.45) is 5.37. The third-order valence-electron chi connectivity index (χ3n) is 7.43. The van der Waals surface area contributed by atoms with E-state index in [9.17, 15) is 19.2 Å². The van der Waals surface area contributed by atoms with Crippen LogP contribution >= 0.6 is 0 Å². The van der Waals surface area contributed by atoms with Crippen molar-refractivity contribution in [3.8, 4) is 0 Å². The van der Waals surface area contributed by atoms with Crippen LogP contribution in [0.3, 0.4) is 0 Å². The van der Waals surface area contributed by atoms with Crippen molar-refractivity contribution in [2.24, 2.45) is 35.5 Å². The molecule has 160 valence electrons. The summed E-state index contributed by atoms with van der Waals surface area (Å²) in [6, 6.07) is 14.9. The highest BCUT2D eigenvalue weighted by molar-refractivity contribution is 6.23. The van der Waals surface area contributed by atoms with Gasteiger partial charge in [0.2, 0.25) is 11.8 Å². The maximum absolute atomic E-state index is 13.3. The fraction of sp³-hybridized carbons (Fsp3) is 0.308. The zero-order valence-corrected chi connectivity index (χ0v) is 17.2. The first-order valence-electron chi connectivity index (χ1n) is 11.0. The normalized spacial score (nSPS) is 31.3. The molecule has 2 bridgehead atoms. The molecule has 1 aliphatic heterocycles. The number of amides is 2. The predicted octanol–water partition coefficient (Wildman–Crippen LogP) is 3.28. The summed E-state index contributed by atoms with van der Waals surface area (Å²) < 4.78 is 5.19. The molecule has 3 fully saturated rings. The Balaban J connectivity index is 1.20. The average molecular weight is 427 g/mol. The molecule has 5 aliphatic rings. The number of esters is 1. The first kappa shape index (κ1) is 19.2. The summed E-state index contributed by atoms with van der Waals surface area (Å²) in [7, 11) is 0. The molecule has 2 aromatic carbocycles. The van der Waals surface area contributed by atoms with Gasteiger partial charge in [-0.15, -0.1) is 0 Å². The second-order valence-electron chi connectivity index (χ2n) is 9.08. The lowest BCUT2D eigenvalue weighted by Gasteiger charge is -2.37. The highest BCUT2D eigenvalue weighted by Gasteiger charge is 2.67. The number of allylic oxidation sites excluding steroid dienone is 2. The number of ether oxygens (including phenoxy) is 1. The van der Waals surface area contributed by atoms with Gasteiger partial charge in [-0.3, -0.25) is 14.4 Å². The number of Topliss-reactive ketones (excluding diaryl/α,β-unsaturated/α-hetero) is 1. The monoisotopic (exact) mass is 427 g/mol. The molecule has 6 nitrogen and oxygen atoms in total. The van der Waals surface area contributed by atoms with Crippen LogP contribution in [0.15, 0.2) is 66.7 Å². The molecule has 4 aliphatic carbocycles. The molecule has 2 aromatic rings. The van der Waals surface area contributed by atoms with Crippen molar-refractivity contribution in [1.29, 1.82) is 0 Å². The molecule has 32 heavy (non-hydrogen) atoms. The molecule has 7 rings (SSSR count). The van der Waals surface area contributed by atoms with Crippen molar-refractivity contribution in [3.63, 3.8) is 0 Å². The number of ketones is 1. The van der Waals surface area contributed by atoms with Crippen LogP contribution in [0.4, 0.5) is 5.69 Å². The van der Waals surface area contributed by atoms with E-state index < -0.39 is 5.97 Å². The number of carbonyl (C=O) groups excluding carboxylic acids is 4. The molecular formula is C26H21NO5. The molecule has 0 aromatic heterocycles. The lowest BCUT2D eigenvalue weighted by Crippen LogP contribution is -2.40. The Bertz CT molecular complexity index is 1150. The van der Waals surface area contributed by atoms with Crippen LogP contribution in [-0.4, -0.2) is 30.2 Å². The Hall–Kier alpha value is -3.54. The van der Waals surface area contributed by atoms with Crippen molar-refractivity contribution < 1.29 is 23.9 Å². The van der Waals surface area contributed by atoms with Gasteiger partial charge in [-0.05, 0) is 48.3 Å². The molecule has 0 radical (unpaired) electrons. The molecular weight excluding hydrogens is 406 g/mol. The van der Waals surface area contributed by atoms with Crippen molar-refractivity contribution in [2.75, 3.05) is 11.5 Å². The Kier molecular flexibility index (Phi) is 4.18. The summed E-state index contributed by atoms with van der Waals surface area (Å²) in [5, 5.41) is 0. The number of hydrogen-bond donors (Lipinski definition) is 0. The van der Waals surface area contributed by atoms with Gasteiger partial charge < -0.3 is 4.74 Å². The van der Waals surface area contributed by atoms with E-state index in [2.05, 4.69) is 12.2 Å². The molecule has 1 heterocycles. The number of rotatable bonds is 5. The summed E-state index contributed by atoms with van der Waals surface area (Å²) in [5.41, 5.74) is 1.04. The highest BCUT2D eigenvalue weighted by atomic mass is 16.5. The van der Waals surface area contributed by atoms with E-state index in [1.807, 2.05) is 0 Å². The second-order valence-corrected chi connectivity index (χ2v) is 9.08. The molecule has 2 saturated carbocycles. The van der Waals surface area contributed by atoms with Crippen LogP contribution in [0, 0.1) is 35.5 Å². The molecule has 0 unspecified atom stereocenters. The first-order chi connectivity index (χ1) is 15.5. The fourth-order valence-electron chi connectivity index (χ4n) is 5.91. The molecule has 0 N–H and O–H groups in total. The Labute approximate surface area is 184 Å². The summed E-state index contributed by atoms with van der Waals surface area (Å²) in [4.78, 5) is 52.5. The zero-order chi connectivity index (χ0) is 22.0. The third kappa shape index (κ3) is 2.79. The van der Waals surface area contributed by atoms with Gasteiger partial charge in [0.25, 0.3) is 0 Å². The van der Waals surface area contributed by atoms with Crippen LogP contribution < -0.4 is 4.90 Å². The Morgan fingerprint density at radius 3 is 2.12 bits per heavy atom. The van der Waals surface area contributed by atoms with E-state index in [4.69, 9.17) is 4.74 Å². The van der Waals surface area contributed by atoms with Crippen LogP contribution in [0.5, 0.6) is 0 Å². The zero-order valence-electron chi connectivity index (χ0n) is 17.2. The van der Waals surface area contributed by atoms with E-state index in [0.717, 1.165) is 6.42 Å². The quantitative estimate of drug-likeness (QED) is 0.317. The van der Waals surface area contributed by atoms with E-state index >= 15 is 0 Å². The first-order valence-corrected chi connectivity index (χ1v) is 11.0. The van der Waals surface area contributed by atoms with Gasteiger partial charge in [0.15, 0.2) is 12.4 Å². The van der Waals surface area contributed by atoms with E-state index in [-0.39, 0.29) is 53.4 Å². The molecule has 6 heteroatoms. The number of benzene rings is 2. The Morgan fingerprint density at radius 1 is 0.844 bits per heavy atom. The van der Waals surface area contributed by atoms with Gasteiger partial charge in [0.05, 0.1) is 23.1 Å². The fourth-order valence-corrected chi connectivity index (χ4v) is 5.91.